The van der Waals surface area contributed by atoms with Gasteiger partial charge in [-0.3, -0.25) is 0 Å². The Morgan fingerprint density at radius 3 is 2.60 bits per heavy atom. The number of carboxylic acids is 1. The highest BCUT2D eigenvalue weighted by atomic mass is 19.3. The highest BCUT2D eigenvalue weighted by Crippen LogP contribution is 2.23. The third-order valence-corrected chi connectivity index (χ3v) is 1.78. The van der Waals surface area contributed by atoms with Gasteiger partial charge in [-0.25, -0.2) is 18.6 Å². The molecular formula is C8H9F2N3O2. The lowest BCUT2D eigenvalue weighted by molar-refractivity contribution is 0.0695. The van der Waals surface area contributed by atoms with Gasteiger partial charge in [-0.1, -0.05) is 0 Å². The van der Waals surface area contributed by atoms with E-state index in [1.165, 1.54) is 0 Å². The molecule has 0 amide bonds. The number of hydrogen-bond acceptors (Lipinski definition) is 4. The molecule has 0 fully saturated rings. The zero-order chi connectivity index (χ0) is 11.6. The second kappa shape index (κ2) is 4.18. The van der Waals surface area contributed by atoms with Crippen LogP contribution in [0.2, 0.25) is 0 Å². The molecule has 0 saturated heterocycles. The number of halogens is 2. The molecule has 0 aliphatic carbocycles. The number of aromatic carboxylic acids is 1. The topological polar surface area (TPSA) is 102 Å². The van der Waals surface area contributed by atoms with Gasteiger partial charge in [-0.05, 0) is 6.07 Å². The zero-order valence-electron chi connectivity index (χ0n) is 7.58. The molecule has 0 atom stereocenters. The molecule has 1 heterocycles. The maximum absolute atomic E-state index is 12.3. The highest BCUT2D eigenvalue weighted by Gasteiger charge is 2.19. The van der Waals surface area contributed by atoms with Crippen molar-refractivity contribution in [1.29, 1.82) is 0 Å². The van der Waals surface area contributed by atoms with E-state index in [0.29, 0.717) is 0 Å². The van der Waals surface area contributed by atoms with Crippen LogP contribution in [0.15, 0.2) is 6.07 Å². The Labute approximate surface area is 83.7 Å². The summed E-state index contributed by atoms with van der Waals surface area (Å²) in [6.07, 6.45) is -2.81. The van der Waals surface area contributed by atoms with Crippen molar-refractivity contribution in [2.24, 2.45) is 5.73 Å². The van der Waals surface area contributed by atoms with Crippen LogP contribution in [-0.4, -0.2) is 16.1 Å². The summed E-state index contributed by atoms with van der Waals surface area (Å²) in [6, 6.07) is 0.841. The second-order valence-electron chi connectivity index (χ2n) is 2.77. The molecule has 0 aliphatic rings. The molecule has 1 aromatic rings. The summed E-state index contributed by atoms with van der Waals surface area (Å²) in [4.78, 5) is 14.2. The SMILES string of the molecule is NCc1nc(C(F)F)cc(N)c1C(=O)O. The summed E-state index contributed by atoms with van der Waals surface area (Å²) < 4.78 is 24.6. The lowest BCUT2D eigenvalue weighted by Gasteiger charge is -2.08. The number of nitrogens with zero attached hydrogens (tertiary/aromatic N) is 1. The summed E-state index contributed by atoms with van der Waals surface area (Å²) >= 11 is 0. The minimum Gasteiger partial charge on any atom is -0.478 e. The van der Waals surface area contributed by atoms with E-state index < -0.39 is 18.1 Å². The number of anilines is 1. The fraction of sp³-hybridized carbons (Fsp3) is 0.250. The predicted molar refractivity (Wildman–Crippen MR) is 48.5 cm³/mol. The van der Waals surface area contributed by atoms with Crippen LogP contribution < -0.4 is 11.5 Å². The average molecular weight is 217 g/mol. The van der Waals surface area contributed by atoms with Crippen molar-refractivity contribution in [3.8, 4) is 0 Å². The largest absolute Gasteiger partial charge is 0.478 e. The third kappa shape index (κ3) is 2.18. The van der Waals surface area contributed by atoms with Gasteiger partial charge in [0.25, 0.3) is 6.43 Å². The first-order valence-electron chi connectivity index (χ1n) is 3.98. The van der Waals surface area contributed by atoms with Crippen molar-refractivity contribution in [3.63, 3.8) is 0 Å². The van der Waals surface area contributed by atoms with Crippen LogP contribution in [0.3, 0.4) is 0 Å². The first-order valence-corrected chi connectivity index (χ1v) is 3.98. The number of carboxylic acid groups (broad SMARTS) is 1. The van der Waals surface area contributed by atoms with E-state index in [0.717, 1.165) is 6.07 Å². The van der Waals surface area contributed by atoms with Crippen LogP contribution in [0.1, 0.15) is 28.2 Å². The molecule has 7 heteroatoms. The van der Waals surface area contributed by atoms with Crippen molar-refractivity contribution in [2.45, 2.75) is 13.0 Å². The number of nitrogen functional groups attached to an aromatic ring is 1. The Kier molecular flexibility index (Phi) is 3.15. The number of nitrogens with two attached hydrogens (primary N) is 2. The first kappa shape index (κ1) is 11.3. The molecule has 0 radical (unpaired) electrons. The summed E-state index contributed by atoms with van der Waals surface area (Å²) in [5.41, 5.74) is 9.24. The number of alkyl halides is 2. The van der Waals surface area contributed by atoms with Crippen molar-refractivity contribution in [3.05, 3.63) is 23.0 Å². The van der Waals surface area contributed by atoms with E-state index in [2.05, 4.69) is 4.98 Å². The molecule has 15 heavy (non-hydrogen) atoms. The van der Waals surface area contributed by atoms with Crippen molar-refractivity contribution in [2.75, 3.05) is 5.73 Å². The molecular weight excluding hydrogens is 208 g/mol. The smallest absolute Gasteiger partial charge is 0.339 e. The molecule has 0 aromatic carbocycles. The lowest BCUT2D eigenvalue weighted by atomic mass is 10.1. The average Bonchev–Trinajstić information content (AvgIpc) is 2.15. The van der Waals surface area contributed by atoms with Gasteiger partial charge >= 0.3 is 5.97 Å². The van der Waals surface area contributed by atoms with E-state index in [1.54, 1.807) is 0 Å². The van der Waals surface area contributed by atoms with E-state index in [4.69, 9.17) is 16.6 Å². The quantitative estimate of drug-likeness (QED) is 0.693. The number of hydrogen-bond donors (Lipinski definition) is 3. The van der Waals surface area contributed by atoms with Gasteiger partial charge < -0.3 is 16.6 Å². The van der Waals surface area contributed by atoms with Gasteiger partial charge in [0.2, 0.25) is 0 Å². The Morgan fingerprint density at radius 1 is 1.60 bits per heavy atom. The van der Waals surface area contributed by atoms with Crippen LogP contribution in [0.4, 0.5) is 14.5 Å². The summed E-state index contributed by atoms with van der Waals surface area (Å²) in [5, 5.41) is 8.74. The molecule has 0 spiro atoms. The molecule has 82 valence electrons. The van der Waals surface area contributed by atoms with Gasteiger partial charge in [-0.2, -0.15) is 0 Å². The summed E-state index contributed by atoms with van der Waals surface area (Å²) in [6.45, 7) is -0.258. The maximum atomic E-state index is 12.3. The first-order chi connectivity index (χ1) is 6.97. The van der Waals surface area contributed by atoms with Crippen LogP contribution >= 0.6 is 0 Å². The fourth-order valence-corrected chi connectivity index (χ4v) is 1.15. The minimum absolute atomic E-state index is 0.141. The van der Waals surface area contributed by atoms with E-state index in [9.17, 15) is 13.6 Å². The number of carbonyl (C=O) groups is 1. The Morgan fingerprint density at radius 2 is 2.20 bits per heavy atom. The number of aromatic nitrogens is 1. The molecule has 0 saturated carbocycles. The zero-order valence-corrected chi connectivity index (χ0v) is 7.58. The van der Waals surface area contributed by atoms with Crippen molar-refractivity contribution < 1.29 is 18.7 Å². The Balaban J connectivity index is 3.37. The lowest BCUT2D eigenvalue weighted by Crippen LogP contribution is -2.14. The molecule has 0 aliphatic heterocycles. The van der Waals surface area contributed by atoms with Crippen LogP contribution in [0.5, 0.6) is 0 Å². The molecule has 5 nitrogen and oxygen atoms in total. The molecule has 1 aromatic heterocycles. The summed E-state index contributed by atoms with van der Waals surface area (Å²) in [5.74, 6) is -1.33. The Hall–Kier alpha value is -1.76. The fourth-order valence-electron chi connectivity index (χ4n) is 1.15. The summed E-state index contributed by atoms with van der Waals surface area (Å²) in [7, 11) is 0. The van der Waals surface area contributed by atoms with Crippen LogP contribution in [0.25, 0.3) is 0 Å². The number of pyridine rings is 1. The van der Waals surface area contributed by atoms with Gasteiger partial charge in [0.15, 0.2) is 0 Å². The molecule has 0 bridgehead atoms. The van der Waals surface area contributed by atoms with E-state index in [-0.39, 0.29) is 23.5 Å². The maximum Gasteiger partial charge on any atom is 0.339 e. The van der Waals surface area contributed by atoms with Crippen LogP contribution in [-0.2, 0) is 6.54 Å². The van der Waals surface area contributed by atoms with Crippen molar-refractivity contribution in [1.82, 2.24) is 4.98 Å². The molecule has 5 N–H and O–H groups in total. The van der Waals surface area contributed by atoms with Gasteiger partial charge in [0.05, 0.1) is 11.4 Å². The normalized spacial score (nSPS) is 10.7. The van der Waals surface area contributed by atoms with E-state index in [1.807, 2.05) is 0 Å². The highest BCUT2D eigenvalue weighted by molar-refractivity contribution is 5.94. The Bertz CT molecular complexity index is 396. The van der Waals surface area contributed by atoms with Gasteiger partial charge in [0.1, 0.15) is 11.3 Å². The molecule has 1 rings (SSSR count). The second-order valence-corrected chi connectivity index (χ2v) is 2.77. The van der Waals surface area contributed by atoms with Crippen molar-refractivity contribution >= 4 is 11.7 Å². The predicted octanol–water partition coefficient (Wildman–Crippen LogP) is 0.758. The third-order valence-electron chi connectivity index (χ3n) is 1.78. The van der Waals surface area contributed by atoms with Gasteiger partial charge in [0, 0.05) is 6.54 Å². The number of rotatable bonds is 3. The van der Waals surface area contributed by atoms with Gasteiger partial charge in [-0.15, -0.1) is 0 Å². The van der Waals surface area contributed by atoms with E-state index >= 15 is 0 Å². The standard InChI is InChI=1S/C8H9F2N3O2/c9-7(10)4-1-3(12)6(8(14)15)5(2-11)13-4/h1,7H,2,11H2,(H2,12,13)(H,14,15). The minimum atomic E-state index is -2.81. The molecule has 0 unspecified atom stereocenters. The monoisotopic (exact) mass is 217 g/mol. The van der Waals surface area contributed by atoms with Crippen LogP contribution in [0, 0.1) is 0 Å².